The number of carbonyl (C=O) groups excluding carboxylic acids is 3. The number of esters is 1. The van der Waals surface area contributed by atoms with Gasteiger partial charge in [-0.2, -0.15) is 0 Å². The molecule has 2 aliphatic carbocycles. The van der Waals surface area contributed by atoms with Crippen molar-refractivity contribution in [1.82, 2.24) is 4.98 Å². The van der Waals surface area contributed by atoms with E-state index in [0.717, 1.165) is 33.2 Å². The normalized spacial score (nSPS) is 27.7. The lowest BCUT2D eigenvalue weighted by Gasteiger charge is -2.43. The number of hydrogen-bond acceptors (Lipinski definition) is 8. The van der Waals surface area contributed by atoms with Gasteiger partial charge in [-0.1, -0.05) is 53.8 Å². The van der Waals surface area contributed by atoms with Crippen molar-refractivity contribution in [3.05, 3.63) is 110 Å². The van der Waals surface area contributed by atoms with Crippen LogP contribution >= 0.6 is 23.1 Å². The fourth-order valence-electron chi connectivity index (χ4n) is 8.12. The van der Waals surface area contributed by atoms with E-state index < -0.39 is 11.9 Å². The number of imide groups is 1. The number of thioether (sulfide) groups is 1. The van der Waals surface area contributed by atoms with Crippen molar-refractivity contribution in [3.63, 3.8) is 0 Å². The Kier molecular flexibility index (Phi) is 6.94. The number of rotatable bonds is 7. The van der Waals surface area contributed by atoms with E-state index in [1.807, 2.05) is 42.5 Å². The van der Waals surface area contributed by atoms with E-state index in [-0.39, 0.29) is 58.1 Å². The minimum Gasteiger partial charge on any atom is -0.489 e. The molecule has 1 aromatic heterocycles. The van der Waals surface area contributed by atoms with E-state index >= 15 is 0 Å². The van der Waals surface area contributed by atoms with Gasteiger partial charge in [0.1, 0.15) is 12.4 Å². The summed E-state index contributed by atoms with van der Waals surface area (Å²) in [5, 5.41) is 0.990. The fraction of sp³-hybridized carbons (Fsp3) is 0.314. The molecule has 2 amide bonds. The van der Waals surface area contributed by atoms with Gasteiger partial charge in [-0.15, -0.1) is 11.8 Å². The summed E-state index contributed by atoms with van der Waals surface area (Å²) < 4.78 is 11.1. The van der Waals surface area contributed by atoms with Gasteiger partial charge < -0.3 is 14.5 Å². The number of aromatic amines is 1. The van der Waals surface area contributed by atoms with Crippen LogP contribution in [0, 0.1) is 29.6 Å². The zero-order valence-electron chi connectivity index (χ0n) is 24.4. The standard InChI is InChI=1S/C35H30N2O6S2/c1-2-42-34(40)20-8-12-21(13-9-20)37-32(38)27-23-16-24(28(27)33(37)39)29-26(23)25(30-31(44-29)36-35(41)45-30)19-10-14-22(15-11-19)43-17-18-6-4-3-5-7-18/h3-15,23-29H,2,16-17H2,1H3,(H,36,41)/t23?,24?,25-,26?,27?,28?,29?/m1/s1. The third-order valence-corrected chi connectivity index (χ3v) is 12.4. The van der Waals surface area contributed by atoms with Crippen LogP contribution in [0.15, 0.2) is 88.7 Å². The molecular formula is C35H30N2O6S2. The molecule has 3 heterocycles. The highest BCUT2D eigenvalue weighted by molar-refractivity contribution is 8.00. The first kappa shape index (κ1) is 28.3. The van der Waals surface area contributed by atoms with Crippen molar-refractivity contribution >= 4 is 46.6 Å². The summed E-state index contributed by atoms with van der Waals surface area (Å²) in [6, 6.07) is 24.6. The molecule has 1 saturated heterocycles. The Bertz CT molecular complexity index is 1850. The SMILES string of the molecule is CCOC(=O)c1ccc(N2C(=O)C3C4CC(C3C2=O)C2C4Sc3[nH]c(=O)sc3[C@@H]2c2ccc(OCc3ccccc3)cc2)cc1. The monoisotopic (exact) mass is 638 g/mol. The quantitative estimate of drug-likeness (QED) is 0.199. The van der Waals surface area contributed by atoms with E-state index in [4.69, 9.17) is 9.47 Å². The number of ether oxygens (including phenoxy) is 2. The molecule has 2 aliphatic heterocycles. The van der Waals surface area contributed by atoms with Gasteiger partial charge in [-0.25, -0.2) is 4.79 Å². The molecule has 8 nitrogen and oxygen atoms in total. The second kappa shape index (κ2) is 11.0. The molecule has 4 aliphatic rings. The molecule has 7 atom stereocenters. The Morgan fingerprint density at radius 1 is 0.911 bits per heavy atom. The summed E-state index contributed by atoms with van der Waals surface area (Å²) in [6.45, 7) is 2.48. The van der Waals surface area contributed by atoms with Crippen LogP contribution in [0.3, 0.4) is 0 Å². The van der Waals surface area contributed by atoms with Gasteiger partial charge in [0.15, 0.2) is 0 Å². The molecule has 4 aromatic rings. The molecule has 0 radical (unpaired) electrons. The minimum absolute atomic E-state index is 0.0158. The van der Waals surface area contributed by atoms with Crippen LogP contribution in [0.2, 0.25) is 0 Å². The van der Waals surface area contributed by atoms with E-state index in [1.54, 1.807) is 43.0 Å². The van der Waals surface area contributed by atoms with E-state index in [9.17, 15) is 19.2 Å². The van der Waals surface area contributed by atoms with Crippen molar-refractivity contribution in [1.29, 1.82) is 0 Å². The Hall–Kier alpha value is -4.15. The third kappa shape index (κ3) is 4.56. The van der Waals surface area contributed by atoms with Crippen molar-refractivity contribution in [2.24, 2.45) is 29.6 Å². The predicted octanol–water partition coefficient (Wildman–Crippen LogP) is 5.87. The molecule has 0 spiro atoms. The van der Waals surface area contributed by atoms with Gasteiger partial charge in [0.25, 0.3) is 0 Å². The maximum Gasteiger partial charge on any atom is 0.338 e. The van der Waals surface area contributed by atoms with Gasteiger partial charge in [0.05, 0.1) is 34.7 Å². The second-order valence-electron chi connectivity index (χ2n) is 12.1. The maximum absolute atomic E-state index is 14.0. The molecule has 3 aromatic carbocycles. The smallest absolute Gasteiger partial charge is 0.338 e. The molecule has 3 fully saturated rings. The van der Waals surface area contributed by atoms with Gasteiger partial charge in [0, 0.05) is 16.0 Å². The molecule has 6 unspecified atom stereocenters. The molecule has 45 heavy (non-hydrogen) atoms. The number of thiazole rings is 1. The van der Waals surface area contributed by atoms with Crippen molar-refractivity contribution < 1.29 is 23.9 Å². The Morgan fingerprint density at radius 2 is 1.62 bits per heavy atom. The van der Waals surface area contributed by atoms with Crippen LogP contribution in [-0.4, -0.2) is 34.6 Å². The number of aromatic nitrogens is 1. The molecule has 2 bridgehead atoms. The lowest BCUT2D eigenvalue weighted by Crippen LogP contribution is -2.42. The summed E-state index contributed by atoms with van der Waals surface area (Å²) in [5.41, 5.74) is 3.03. The minimum atomic E-state index is -0.438. The molecule has 10 heteroatoms. The topological polar surface area (TPSA) is 106 Å². The zero-order chi connectivity index (χ0) is 30.8. The predicted molar refractivity (Wildman–Crippen MR) is 171 cm³/mol. The zero-order valence-corrected chi connectivity index (χ0v) is 26.0. The van der Waals surface area contributed by atoms with Crippen LogP contribution in [-0.2, 0) is 20.9 Å². The van der Waals surface area contributed by atoms with Crippen molar-refractivity contribution in [3.8, 4) is 5.75 Å². The van der Waals surface area contributed by atoms with Crippen molar-refractivity contribution in [2.75, 3.05) is 11.5 Å². The van der Waals surface area contributed by atoms with Gasteiger partial charge in [0.2, 0.25) is 11.8 Å². The lowest BCUT2D eigenvalue weighted by atomic mass is 9.68. The highest BCUT2D eigenvalue weighted by Gasteiger charge is 2.69. The Morgan fingerprint density at radius 3 is 2.33 bits per heavy atom. The number of fused-ring (bicyclic) bond motifs is 9. The number of benzene rings is 3. The number of nitrogens with one attached hydrogen (secondary N) is 1. The number of amides is 2. The highest BCUT2D eigenvalue weighted by Crippen LogP contribution is 2.68. The summed E-state index contributed by atoms with van der Waals surface area (Å²) in [7, 11) is 0. The number of H-pyrrole nitrogens is 1. The first-order valence-corrected chi connectivity index (χ1v) is 16.9. The van der Waals surface area contributed by atoms with E-state index in [0.29, 0.717) is 17.9 Å². The lowest BCUT2D eigenvalue weighted by molar-refractivity contribution is -0.123. The summed E-state index contributed by atoms with van der Waals surface area (Å²) in [6.07, 6.45) is 0.818. The number of hydrogen-bond donors (Lipinski definition) is 1. The number of anilines is 1. The first-order valence-electron chi connectivity index (χ1n) is 15.2. The first-order chi connectivity index (χ1) is 21.9. The van der Waals surface area contributed by atoms with Crippen LogP contribution in [0.1, 0.15) is 45.6 Å². The van der Waals surface area contributed by atoms with Gasteiger partial charge in [-0.3, -0.25) is 19.3 Å². The Labute approximate surface area is 267 Å². The average molecular weight is 639 g/mol. The van der Waals surface area contributed by atoms with E-state index in [2.05, 4.69) is 17.1 Å². The molecule has 228 valence electrons. The van der Waals surface area contributed by atoms with Gasteiger partial charge >= 0.3 is 10.8 Å². The van der Waals surface area contributed by atoms with Crippen molar-refractivity contribution in [2.45, 2.75) is 36.1 Å². The maximum atomic E-state index is 14.0. The van der Waals surface area contributed by atoms with E-state index in [1.165, 1.54) is 16.2 Å². The van der Waals surface area contributed by atoms with Crippen LogP contribution < -0.4 is 14.5 Å². The summed E-state index contributed by atoms with van der Waals surface area (Å²) in [4.78, 5) is 58.0. The molecule has 8 rings (SSSR count). The van der Waals surface area contributed by atoms with Gasteiger partial charge in [-0.05, 0) is 78.6 Å². The average Bonchev–Trinajstić information content (AvgIpc) is 3.80. The molecular weight excluding hydrogens is 609 g/mol. The molecule has 1 N–H and O–H groups in total. The van der Waals surface area contributed by atoms with Crippen LogP contribution in [0.25, 0.3) is 0 Å². The summed E-state index contributed by atoms with van der Waals surface area (Å²) in [5.74, 6) is -0.695. The fourth-order valence-corrected chi connectivity index (χ4v) is 11.0. The number of carbonyl (C=O) groups is 3. The van der Waals surface area contributed by atoms with Crippen LogP contribution in [0.5, 0.6) is 5.75 Å². The second-order valence-corrected chi connectivity index (χ2v) is 14.3. The Balaban J connectivity index is 1.09. The van der Waals surface area contributed by atoms with Crippen LogP contribution in [0.4, 0.5) is 5.69 Å². The highest BCUT2D eigenvalue weighted by atomic mass is 32.2. The number of nitrogens with zero attached hydrogens (tertiary/aromatic N) is 1. The largest absolute Gasteiger partial charge is 0.489 e. The third-order valence-electron chi connectivity index (χ3n) is 9.85. The molecule has 2 saturated carbocycles. The summed E-state index contributed by atoms with van der Waals surface area (Å²) >= 11 is 2.92.